The molecule has 77 heavy (non-hydrogen) atoms. The second-order valence-corrected chi connectivity index (χ2v) is 22.6. The van der Waals surface area contributed by atoms with E-state index in [4.69, 9.17) is 17.2 Å². The van der Waals surface area contributed by atoms with Crippen LogP contribution in [0.3, 0.4) is 0 Å². The van der Waals surface area contributed by atoms with E-state index in [9.17, 15) is 14.4 Å². The number of carbonyl (C=O) groups is 4. The number of ketones is 3. The number of nitrogens with two attached hydrogens (primary N) is 3. The Morgan fingerprint density at radius 2 is 1.19 bits per heavy atom. The van der Waals surface area contributed by atoms with Gasteiger partial charge in [-0.3, -0.25) is 23.9 Å². The van der Waals surface area contributed by atoms with Gasteiger partial charge in [0.25, 0.3) is 0 Å². The maximum absolute atomic E-state index is 15.1. The first kappa shape index (κ1) is 58.8. The third-order valence-corrected chi connectivity index (χ3v) is 15.9. The van der Waals surface area contributed by atoms with Crippen LogP contribution in [0.1, 0.15) is 120 Å². The highest BCUT2D eigenvalue weighted by Gasteiger charge is 2.29. The molecular formula is C62H89N11O4. The molecule has 10 N–H and O–H groups in total. The first-order valence-corrected chi connectivity index (χ1v) is 28.9. The number of hydrogen-bond acceptors (Lipinski definition) is 11. The fourth-order valence-electron chi connectivity index (χ4n) is 11.2. The molecule has 7 rings (SSSR count). The Bertz CT molecular complexity index is 2680. The minimum absolute atomic E-state index is 0.0110. The molecule has 3 aromatic heterocycles. The fraction of sp³-hybridized carbons (Fsp3) is 0.548. The number of nitrogens with zero attached hydrogens (tertiary/aromatic N) is 4. The van der Waals surface area contributed by atoms with E-state index in [2.05, 4.69) is 73.4 Å². The van der Waals surface area contributed by atoms with Crippen LogP contribution >= 0.6 is 0 Å². The van der Waals surface area contributed by atoms with Crippen molar-refractivity contribution in [1.82, 2.24) is 40.5 Å². The minimum atomic E-state index is -0.544. The van der Waals surface area contributed by atoms with Crippen molar-refractivity contribution in [3.8, 4) is 0 Å². The number of rotatable bonds is 35. The van der Waals surface area contributed by atoms with Gasteiger partial charge in [0.15, 0.2) is 0 Å². The van der Waals surface area contributed by atoms with Crippen LogP contribution in [-0.4, -0.2) is 111 Å². The number of hydrogen-bond donors (Lipinski definition) is 7. The van der Waals surface area contributed by atoms with Gasteiger partial charge < -0.3 is 42.7 Å². The lowest BCUT2D eigenvalue weighted by molar-refractivity contribution is -0.136. The summed E-state index contributed by atoms with van der Waals surface area (Å²) in [7, 11) is 0. The molecule has 3 aromatic carbocycles. The van der Waals surface area contributed by atoms with Gasteiger partial charge in [0.1, 0.15) is 17.3 Å². The van der Waals surface area contributed by atoms with E-state index in [0.29, 0.717) is 71.2 Å². The maximum atomic E-state index is 15.1. The van der Waals surface area contributed by atoms with E-state index in [1.807, 2.05) is 85.1 Å². The predicted octanol–water partition coefficient (Wildman–Crippen LogP) is 8.04. The quantitative estimate of drug-likeness (QED) is 0.0188. The third-order valence-electron chi connectivity index (χ3n) is 15.9. The van der Waals surface area contributed by atoms with Gasteiger partial charge in [-0.05, 0) is 148 Å². The molecule has 15 nitrogen and oxygen atoms in total. The minimum Gasteiger partial charge on any atom is -0.358 e. The number of para-hydroxylation sites is 2. The van der Waals surface area contributed by atoms with E-state index in [0.717, 1.165) is 109 Å². The molecule has 0 radical (unpaired) electrons. The summed E-state index contributed by atoms with van der Waals surface area (Å²) in [6.45, 7) is 10.1. The number of Topliss-reactive ketones (excluding diaryl/α,β-unsaturated/α-hetero) is 3. The van der Waals surface area contributed by atoms with E-state index >= 15 is 4.79 Å². The third kappa shape index (κ3) is 18.4. The number of H-pyrrole nitrogens is 2. The lowest BCUT2D eigenvalue weighted by atomic mass is 9.88. The number of likely N-dealkylation sites (tertiary alicyclic amines) is 1. The van der Waals surface area contributed by atoms with Crippen molar-refractivity contribution in [3.05, 3.63) is 120 Å². The zero-order valence-electron chi connectivity index (χ0n) is 46.3. The average Bonchev–Trinajstić information content (AvgIpc) is 4.20. The lowest BCUT2D eigenvalue weighted by Gasteiger charge is -2.29. The molecule has 1 saturated heterocycles. The van der Waals surface area contributed by atoms with Gasteiger partial charge in [0.2, 0.25) is 5.91 Å². The Labute approximate surface area is 457 Å². The molecule has 1 amide bonds. The van der Waals surface area contributed by atoms with Crippen molar-refractivity contribution in [2.75, 3.05) is 39.3 Å². The number of amides is 1. The molecule has 1 aliphatic heterocycles. The molecule has 4 heterocycles. The number of fused-ring (bicyclic) bond motifs is 2. The van der Waals surface area contributed by atoms with Crippen molar-refractivity contribution in [3.63, 3.8) is 0 Å². The first-order chi connectivity index (χ1) is 37.3. The van der Waals surface area contributed by atoms with Gasteiger partial charge in [-0.15, -0.1) is 5.10 Å². The molecule has 0 aliphatic carbocycles. The normalized spacial score (nSPS) is 15.9. The summed E-state index contributed by atoms with van der Waals surface area (Å²) in [5, 5.41) is 18.5. The summed E-state index contributed by atoms with van der Waals surface area (Å²) in [5.74, 6) is 0.112. The standard InChI is InChI=1S/C62H89N11O4/c1-43(2)61(65)60(76)34-47(20-12-14-26-63)41-67-57(38-52-37-50-23-9-11-25-55(50)69-52)58(74)33-46(21-13-17-29-73-42-53(70-71-73)30-44(3)62(77)72-27-15-5-16-28-72)40-66-56(32-45-18-6-4-7-19-45)59(75)35-48(39-64)31-51-36-49-22-8-10-24-54(49)68-51/h4,6-11,18-19,22-25,36-37,42-44,46-48,56-57,61,66-69H,5,12-17,20-21,26-35,38-41,63-65H2,1-3H3. The Hall–Kier alpha value is -5.84. The van der Waals surface area contributed by atoms with Crippen LogP contribution in [0.15, 0.2) is 97.2 Å². The molecule has 0 bridgehead atoms. The van der Waals surface area contributed by atoms with Crippen LogP contribution < -0.4 is 27.8 Å². The summed E-state index contributed by atoms with van der Waals surface area (Å²) in [5.41, 5.74) is 24.7. The van der Waals surface area contributed by atoms with Crippen LogP contribution in [0.25, 0.3) is 21.8 Å². The summed E-state index contributed by atoms with van der Waals surface area (Å²) in [4.78, 5) is 65.5. The molecule has 416 valence electrons. The Kier molecular flexibility index (Phi) is 23.2. The van der Waals surface area contributed by atoms with Crippen molar-refractivity contribution in [1.29, 1.82) is 0 Å². The maximum Gasteiger partial charge on any atom is 0.225 e. The summed E-state index contributed by atoms with van der Waals surface area (Å²) in [6.07, 6.45) is 13.3. The number of benzene rings is 3. The molecule has 1 fully saturated rings. The molecule has 6 aromatic rings. The smallest absolute Gasteiger partial charge is 0.225 e. The molecule has 7 atom stereocenters. The second kappa shape index (κ2) is 30.3. The summed E-state index contributed by atoms with van der Waals surface area (Å²) >= 11 is 0. The summed E-state index contributed by atoms with van der Waals surface area (Å²) < 4.78 is 1.87. The Balaban J connectivity index is 1.08. The highest BCUT2D eigenvalue weighted by molar-refractivity contribution is 5.87. The van der Waals surface area contributed by atoms with Gasteiger partial charge in [-0.1, -0.05) is 106 Å². The number of piperidine rings is 1. The van der Waals surface area contributed by atoms with E-state index < -0.39 is 18.1 Å². The SMILES string of the molecule is CC(Cc1cn(CCCCC(CNC(Cc2ccccc2)C(=O)CC(CN)Cc2cc3ccccc3[nH]2)CC(=O)C(Cc2cc3ccccc3[nH]2)NCC(CCCCN)CC(=O)C(N)C(C)C)nn1)C(=O)N1CCCCC1. The Morgan fingerprint density at radius 1 is 0.636 bits per heavy atom. The number of aromatic nitrogens is 5. The zero-order chi connectivity index (χ0) is 54.5. The largest absolute Gasteiger partial charge is 0.358 e. The second-order valence-electron chi connectivity index (χ2n) is 22.6. The predicted molar refractivity (Wildman–Crippen MR) is 309 cm³/mol. The van der Waals surface area contributed by atoms with Crippen LogP contribution in [0, 0.1) is 29.6 Å². The van der Waals surface area contributed by atoms with Gasteiger partial charge >= 0.3 is 0 Å². The topological polar surface area (TPSA) is 236 Å². The van der Waals surface area contributed by atoms with Crippen LogP contribution in [0.4, 0.5) is 0 Å². The molecule has 0 saturated carbocycles. The number of nitrogens with one attached hydrogen (secondary N) is 4. The van der Waals surface area contributed by atoms with E-state index in [1.54, 1.807) is 0 Å². The van der Waals surface area contributed by atoms with Crippen molar-refractivity contribution in [2.45, 2.75) is 148 Å². The molecule has 1 aliphatic rings. The monoisotopic (exact) mass is 1050 g/mol. The molecule has 15 heteroatoms. The number of aromatic amines is 2. The van der Waals surface area contributed by atoms with Crippen LogP contribution in [0.5, 0.6) is 0 Å². The van der Waals surface area contributed by atoms with E-state index in [1.165, 1.54) is 6.42 Å². The van der Waals surface area contributed by atoms with Crippen molar-refractivity contribution in [2.24, 2.45) is 46.8 Å². The number of carbonyl (C=O) groups excluding carboxylic acids is 4. The fourth-order valence-corrected chi connectivity index (χ4v) is 11.2. The highest BCUT2D eigenvalue weighted by atomic mass is 16.2. The van der Waals surface area contributed by atoms with Gasteiger partial charge in [-0.25, -0.2) is 0 Å². The Morgan fingerprint density at radius 3 is 1.79 bits per heavy atom. The molecule has 0 spiro atoms. The van der Waals surface area contributed by atoms with E-state index in [-0.39, 0.29) is 59.3 Å². The van der Waals surface area contributed by atoms with Gasteiger partial charge in [0.05, 0.1) is 23.8 Å². The van der Waals surface area contributed by atoms with Crippen LogP contribution in [-0.2, 0) is 51.4 Å². The first-order valence-electron chi connectivity index (χ1n) is 28.9. The molecule has 7 unspecified atom stereocenters. The van der Waals surface area contributed by atoms with Crippen molar-refractivity contribution < 1.29 is 19.2 Å². The number of aryl methyl sites for hydroxylation is 1. The van der Waals surface area contributed by atoms with Gasteiger partial charge in [-0.2, -0.15) is 0 Å². The molecular weight excluding hydrogens is 963 g/mol. The van der Waals surface area contributed by atoms with Crippen LogP contribution in [0.2, 0.25) is 0 Å². The number of unbranched alkanes of at least 4 members (excludes halogenated alkanes) is 2. The van der Waals surface area contributed by atoms with Crippen molar-refractivity contribution >= 4 is 45.1 Å². The lowest BCUT2D eigenvalue weighted by Crippen LogP contribution is -2.45. The average molecular weight is 1050 g/mol. The van der Waals surface area contributed by atoms with Gasteiger partial charge in [0, 0.05) is 86.3 Å². The highest BCUT2D eigenvalue weighted by Crippen LogP contribution is 2.24. The zero-order valence-corrected chi connectivity index (χ0v) is 46.3. The summed E-state index contributed by atoms with van der Waals surface area (Å²) in [6, 6.07) is 29.1.